The quantitative estimate of drug-likeness (QED) is 0.784. The standard InChI is InChI=1S/C16H19N3O2/c1-11(20)12-3-7-14(8-4-12)18-9-15(21)19-16(2,10-17)13-5-6-13/h3-4,7-8,13,18H,5-6,9H2,1-2H3,(H,19,21). The van der Waals surface area contributed by atoms with Crippen molar-refractivity contribution in [3.63, 3.8) is 0 Å². The van der Waals surface area contributed by atoms with Crippen LogP contribution >= 0.6 is 0 Å². The fourth-order valence-electron chi connectivity index (χ4n) is 2.22. The number of nitrogens with zero attached hydrogens (tertiary/aromatic N) is 1. The first kappa shape index (κ1) is 15.0. The van der Waals surface area contributed by atoms with Gasteiger partial charge in [0, 0.05) is 11.3 Å². The number of carbonyl (C=O) groups is 2. The maximum atomic E-state index is 11.9. The lowest BCUT2D eigenvalue weighted by Crippen LogP contribution is -2.48. The first-order chi connectivity index (χ1) is 9.94. The van der Waals surface area contributed by atoms with Gasteiger partial charge in [-0.15, -0.1) is 0 Å². The monoisotopic (exact) mass is 285 g/mol. The summed E-state index contributed by atoms with van der Waals surface area (Å²) in [7, 11) is 0. The van der Waals surface area contributed by atoms with E-state index in [1.807, 2.05) is 0 Å². The third-order valence-corrected chi connectivity index (χ3v) is 3.77. The van der Waals surface area contributed by atoms with E-state index in [4.69, 9.17) is 0 Å². The summed E-state index contributed by atoms with van der Waals surface area (Å²) in [5.74, 6) is 0.0661. The molecule has 0 aromatic heterocycles. The Bertz CT molecular complexity index is 585. The SMILES string of the molecule is CC(=O)c1ccc(NCC(=O)NC(C)(C#N)C2CC2)cc1. The third-order valence-electron chi connectivity index (χ3n) is 3.77. The molecule has 1 unspecified atom stereocenters. The normalized spacial score (nSPS) is 16.4. The van der Waals surface area contributed by atoms with Gasteiger partial charge in [-0.2, -0.15) is 5.26 Å². The van der Waals surface area contributed by atoms with Gasteiger partial charge in [0.1, 0.15) is 5.54 Å². The summed E-state index contributed by atoms with van der Waals surface area (Å²) in [5, 5.41) is 15.0. The van der Waals surface area contributed by atoms with Crippen molar-refractivity contribution in [2.45, 2.75) is 32.2 Å². The van der Waals surface area contributed by atoms with Crippen LogP contribution < -0.4 is 10.6 Å². The number of hydrogen-bond donors (Lipinski definition) is 2. The number of nitrogens with one attached hydrogen (secondary N) is 2. The lowest BCUT2D eigenvalue weighted by Gasteiger charge is -2.23. The van der Waals surface area contributed by atoms with Gasteiger partial charge < -0.3 is 10.6 Å². The van der Waals surface area contributed by atoms with Gasteiger partial charge in [0.15, 0.2) is 5.78 Å². The minimum Gasteiger partial charge on any atom is -0.376 e. The Balaban J connectivity index is 1.86. The number of hydrogen-bond acceptors (Lipinski definition) is 4. The molecule has 1 aromatic carbocycles. The van der Waals surface area contributed by atoms with Crippen LogP contribution in [0, 0.1) is 17.2 Å². The van der Waals surface area contributed by atoms with E-state index in [9.17, 15) is 14.9 Å². The molecule has 0 heterocycles. The lowest BCUT2D eigenvalue weighted by atomic mass is 9.98. The maximum absolute atomic E-state index is 11.9. The predicted molar refractivity (Wildman–Crippen MR) is 79.8 cm³/mol. The number of Topliss-reactive ketones (excluding diaryl/α,β-unsaturated/α-hetero) is 1. The van der Waals surface area contributed by atoms with Crippen molar-refractivity contribution in [3.8, 4) is 6.07 Å². The Labute approximate surface area is 124 Å². The molecule has 0 spiro atoms. The number of carbonyl (C=O) groups excluding carboxylic acids is 2. The summed E-state index contributed by atoms with van der Waals surface area (Å²) in [6, 6.07) is 9.14. The van der Waals surface area contributed by atoms with Gasteiger partial charge in [0.05, 0.1) is 12.6 Å². The van der Waals surface area contributed by atoms with E-state index < -0.39 is 5.54 Å². The third kappa shape index (κ3) is 3.82. The van der Waals surface area contributed by atoms with E-state index >= 15 is 0 Å². The van der Waals surface area contributed by atoms with E-state index in [0.717, 1.165) is 18.5 Å². The molecule has 1 aliphatic carbocycles. The van der Waals surface area contributed by atoms with Crippen molar-refractivity contribution in [3.05, 3.63) is 29.8 Å². The fraction of sp³-hybridized carbons (Fsp3) is 0.438. The molecule has 1 fully saturated rings. The van der Waals surface area contributed by atoms with E-state index in [1.54, 1.807) is 31.2 Å². The van der Waals surface area contributed by atoms with Crippen molar-refractivity contribution in [1.29, 1.82) is 5.26 Å². The van der Waals surface area contributed by atoms with Gasteiger partial charge in [-0.25, -0.2) is 0 Å². The Morgan fingerprint density at radius 2 is 1.95 bits per heavy atom. The van der Waals surface area contributed by atoms with Gasteiger partial charge in [0.2, 0.25) is 5.91 Å². The largest absolute Gasteiger partial charge is 0.376 e. The van der Waals surface area contributed by atoms with Crippen molar-refractivity contribution in [2.75, 3.05) is 11.9 Å². The molecule has 1 amide bonds. The molecule has 21 heavy (non-hydrogen) atoms. The second kappa shape index (κ2) is 5.96. The molecule has 2 rings (SSSR count). The van der Waals surface area contributed by atoms with Crippen LogP contribution in [0.5, 0.6) is 0 Å². The van der Waals surface area contributed by atoms with Gasteiger partial charge in [0.25, 0.3) is 0 Å². The number of nitriles is 1. The maximum Gasteiger partial charge on any atom is 0.240 e. The topological polar surface area (TPSA) is 82.0 Å². The van der Waals surface area contributed by atoms with Crippen LogP contribution in [0.25, 0.3) is 0 Å². The summed E-state index contributed by atoms with van der Waals surface area (Å²) in [6.45, 7) is 3.38. The van der Waals surface area contributed by atoms with Crippen molar-refractivity contribution < 1.29 is 9.59 Å². The average Bonchev–Trinajstić information content (AvgIpc) is 3.30. The molecule has 0 bridgehead atoms. The Hall–Kier alpha value is -2.35. The molecule has 0 saturated heterocycles. The molecule has 1 aliphatic rings. The van der Waals surface area contributed by atoms with Crippen molar-refractivity contribution >= 4 is 17.4 Å². The summed E-state index contributed by atoms with van der Waals surface area (Å²) in [4.78, 5) is 23.1. The lowest BCUT2D eigenvalue weighted by molar-refractivity contribution is -0.120. The van der Waals surface area contributed by atoms with Crippen molar-refractivity contribution in [1.82, 2.24) is 5.32 Å². The van der Waals surface area contributed by atoms with Gasteiger partial charge in [-0.1, -0.05) is 0 Å². The molecule has 5 nitrogen and oxygen atoms in total. The molecule has 0 aliphatic heterocycles. The Morgan fingerprint density at radius 3 is 2.43 bits per heavy atom. The zero-order valence-electron chi connectivity index (χ0n) is 12.3. The van der Waals surface area contributed by atoms with Gasteiger partial charge >= 0.3 is 0 Å². The molecular weight excluding hydrogens is 266 g/mol. The van der Waals surface area contributed by atoms with E-state index in [-0.39, 0.29) is 24.2 Å². The second-order valence-electron chi connectivity index (χ2n) is 5.62. The highest BCUT2D eigenvalue weighted by atomic mass is 16.2. The van der Waals surface area contributed by atoms with Crippen LogP contribution in [0.3, 0.4) is 0 Å². The zero-order chi connectivity index (χ0) is 15.5. The average molecular weight is 285 g/mol. The fourth-order valence-corrected chi connectivity index (χ4v) is 2.22. The van der Waals surface area contributed by atoms with Crippen molar-refractivity contribution in [2.24, 2.45) is 5.92 Å². The Morgan fingerprint density at radius 1 is 1.33 bits per heavy atom. The molecule has 0 radical (unpaired) electrons. The summed E-state index contributed by atoms with van der Waals surface area (Å²) in [5.41, 5.74) is 0.632. The zero-order valence-corrected chi connectivity index (χ0v) is 12.3. The molecule has 110 valence electrons. The van der Waals surface area contributed by atoms with E-state index in [1.165, 1.54) is 6.92 Å². The van der Waals surface area contributed by atoms with Gasteiger partial charge in [-0.3, -0.25) is 9.59 Å². The first-order valence-electron chi connectivity index (χ1n) is 7.02. The molecular formula is C16H19N3O2. The number of ketones is 1. The summed E-state index contributed by atoms with van der Waals surface area (Å²) in [6.07, 6.45) is 1.98. The minimum atomic E-state index is -0.767. The molecule has 1 saturated carbocycles. The minimum absolute atomic E-state index is 0.00788. The van der Waals surface area contributed by atoms with E-state index in [0.29, 0.717) is 5.56 Å². The molecule has 2 N–H and O–H groups in total. The highest BCUT2D eigenvalue weighted by Gasteiger charge is 2.42. The summed E-state index contributed by atoms with van der Waals surface area (Å²) < 4.78 is 0. The number of rotatable bonds is 6. The summed E-state index contributed by atoms with van der Waals surface area (Å²) >= 11 is 0. The highest BCUT2D eigenvalue weighted by Crippen LogP contribution is 2.39. The van der Waals surface area contributed by atoms with Crippen LogP contribution in [0.1, 0.15) is 37.0 Å². The van der Waals surface area contributed by atoms with Gasteiger partial charge in [-0.05, 0) is 56.9 Å². The Kier molecular flexibility index (Phi) is 4.27. The predicted octanol–water partition coefficient (Wildman–Crippen LogP) is 2.11. The molecule has 1 aromatic rings. The smallest absolute Gasteiger partial charge is 0.240 e. The van der Waals surface area contributed by atoms with Crippen LogP contribution in [0.4, 0.5) is 5.69 Å². The molecule has 5 heteroatoms. The molecule has 1 atom stereocenters. The van der Waals surface area contributed by atoms with Crippen LogP contribution in [-0.4, -0.2) is 23.8 Å². The number of benzene rings is 1. The van der Waals surface area contributed by atoms with E-state index in [2.05, 4.69) is 16.7 Å². The second-order valence-corrected chi connectivity index (χ2v) is 5.62. The van der Waals surface area contributed by atoms with Crippen LogP contribution in [0.15, 0.2) is 24.3 Å². The highest BCUT2D eigenvalue weighted by molar-refractivity contribution is 5.94. The first-order valence-corrected chi connectivity index (χ1v) is 7.02. The number of amides is 1. The number of anilines is 1. The van der Waals surface area contributed by atoms with Crippen LogP contribution in [0.2, 0.25) is 0 Å². The van der Waals surface area contributed by atoms with Crippen LogP contribution in [-0.2, 0) is 4.79 Å².